The van der Waals surface area contributed by atoms with E-state index in [0.29, 0.717) is 5.75 Å². The van der Waals surface area contributed by atoms with Crippen molar-refractivity contribution in [2.75, 3.05) is 13.7 Å². The molecule has 0 saturated heterocycles. The lowest BCUT2D eigenvalue weighted by Gasteiger charge is -2.15. The Balaban J connectivity index is 2.95. The van der Waals surface area contributed by atoms with E-state index in [4.69, 9.17) is 4.74 Å². The monoisotopic (exact) mass is 330 g/mol. The number of hydrogen-bond acceptors (Lipinski definition) is 4. The van der Waals surface area contributed by atoms with Gasteiger partial charge in [-0.3, -0.25) is 9.59 Å². The number of halogens is 3. The van der Waals surface area contributed by atoms with Crippen molar-refractivity contribution in [3.8, 4) is 5.75 Å². The first-order valence-corrected chi connectivity index (χ1v) is 6.91. The highest BCUT2D eigenvalue weighted by atomic mass is 19.3. The molecule has 0 spiro atoms. The topological polar surface area (TPSA) is 52.6 Å². The summed E-state index contributed by atoms with van der Waals surface area (Å²) < 4.78 is 48.5. The van der Waals surface area contributed by atoms with Gasteiger partial charge in [-0.2, -0.15) is 8.78 Å². The zero-order valence-electron chi connectivity index (χ0n) is 12.8. The Hall–Kier alpha value is -2.31. The summed E-state index contributed by atoms with van der Waals surface area (Å²) in [4.78, 5) is 23.0. The first kappa shape index (κ1) is 18.7. The lowest BCUT2D eigenvalue weighted by Crippen LogP contribution is -2.14. The summed E-state index contributed by atoms with van der Waals surface area (Å²) in [7, 11) is 1.43. The van der Waals surface area contributed by atoms with Gasteiger partial charge >= 0.3 is 12.0 Å². The highest BCUT2D eigenvalue weighted by molar-refractivity contribution is 5.96. The minimum Gasteiger partial charge on any atom is -0.497 e. The summed E-state index contributed by atoms with van der Waals surface area (Å²) in [6, 6.07) is 5.73. The molecule has 0 aliphatic rings. The molecule has 1 atom stereocenters. The molecular formula is C16H17F3O4. The lowest BCUT2D eigenvalue weighted by atomic mass is 9.92. The van der Waals surface area contributed by atoms with Crippen LogP contribution in [-0.4, -0.2) is 25.5 Å². The third-order valence-electron chi connectivity index (χ3n) is 3.08. The number of methoxy groups -OCH3 is 1. The van der Waals surface area contributed by atoms with E-state index in [9.17, 15) is 22.8 Å². The van der Waals surface area contributed by atoms with Crippen LogP contribution in [0, 0.1) is 0 Å². The summed E-state index contributed by atoms with van der Waals surface area (Å²) in [5, 5.41) is 0. The molecule has 23 heavy (non-hydrogen) atoms. The molecule has 1 aromatic carbocycles. The van der Waals surface area contributed by atoms with E-state index in [0.717, 1.165) is 0 Å². The number of ketones is 1. The fourth-order valence-corrected chi connectivity index (χ4v) is 1.99. The van der Waals surface area contributed by atoms with Crippen LogP contribution in [0.5, 0.6) is 5.75 Å². The van der Waals surface area contributed by atoms with Gasteiger partial charge in [-0.1, -0.05) is 12.1 Å². The van der Waals surface area contributed by atoms with Crippen molar-refractivity contribution in [3.63, 3.8) is 0 Å². The van der Waals surface area contributed by atoms with E-state index in [1.807, 2.05) is 0 Å². The van der Waals surface area contributed by atoms with E-state index >= 15 is 0 Å². The molecule has 1 aromatic rings. The maximum absolute atomic E-state index is 13.7. The molecule has 4 nitrogen and oxygen atoms in total. The van der Waals surface area contributed by atoms with E-state index in [1.54, 1.807) is 6.92 Å². The number of Topliss-reactive ketones (excluding diaryl/α,β-unsaturated/α-hetero) is 1. The van der Waals surface area contributed by atoms with Crippen LogP contribution < -0.4 is 4.74 Å². The van der Waals surface area contributed by atoms with E-state index in [-0.39, 0.29) is 12.2 Å². The number of esters is 1. The Morgan fingerprint density at radius 2 is 1.74 bits per heavy atom. The Morgan fingerprint density at radius 1 is 1.13 bits per heavy atom. The van der Waals surface area contributed by atoms with Crippen molar-refractivity contribution in [2.45, 2.75) is 25.7 Å². The lowest BCUT2D eigenvalue weighted by molar-refractivity contribution is -0.145. The number of benzene rings is 1. The van der Waals surface area contributed by atoms with Gasteiger partial charge in [0.2, 0.25) is 0 Å². The summed E-state index contributed by atoms with van der Waals surface area (Å²) in [6.45, 7) is 1.67. The second-order valence-electron chi connectivity index (χ2n) is 4.66. The van der Waals surface area contributed by atoms with Crippen molar-refractivity contribution in [3.05, 3.63) is 41.7 Å². The average Bonchev–Trinajstić information content (AvgIpc) is 2.52. The van der Waals surface area contributed by atoms with Gasteiger partial charge in [0.25, 0.3) is 0 Å². The molecule has 0 saturated carbocycles. The maximum atomic E-state index is 13.7. The van der Waals surface area contributed by atoms with Gasteiger partial charge in [0.15, 0.2) is 5.83 Å². The molecule has 1 unspecified atom stereocenters. The fraction of sp³-hybridized carbons (Fsp3) is 0.375. The molecule has 0 aromatic heterocycles. The number of allylic oxidation sites excluding steroid dienone is 1. The summed E-state index contributed by atoms with van der Waals surface area (Å²) in [5.74, 6) is -4.12. The summed E-state index contributed by atoms with van der Waals surface area (Å²) >= 11 is 0. The predicted molar refractivity (Wildman–Crippen MR) is 77.0 cm³/mol. The first-order valence-electron chi connectivity index (χ1n) is 6.91. The highest BCUT2D eigenvalue weighted by Crippen LogP contribution is 2.33. The minimum atomic E-state index is -2.49. The number of rotatable bonds is 8. The van der Waals surface area contributed by atoms with Crippen LogP contribution in [0.1, 0.15) is 31.2 Å². The molecule has 0 radical (unpaired) electrons. The van der Waals surface area contributed by atoms with Crippen molar-refractivity contribution in [1.82, 2.24) is 0 Å². The van der Waals surface area contributed by atoms with Gasteiger partial charge in [-0.25, -0.2) is 4.39 Å². The van der Waals surface area contributed by atoms with Crippen LogP contribution in [0.4, 0.5) is 13.2 Å². The van der Waals surface area contributed by atoms with Gasteiger partial charge < -0.3 is 9.47 Å². The van der Waals surface area contributed by atoms with E-state index < -0.39 is 42.4 Å². The van der Waals surface area contributed by atoms with Crippen LogP contribution in [0.15, 0.2) is 36.2 Å². The summed E-state index contributed by atoms with van der Waals surface area (Å²) in [5.41, 5.74) is 0.188. The van der Waals surface area contributed by atoms with Crippen LogP contribution in [0.3, 0.4) is 0 Å². The van der Waals surface area contributed by atoms with Gasteiger partial charge in [-0.15, -0.1) is 0 Å². The molecule has 0 heterocycles. The van der Waals surface area contributed by atoms with Crippen LogP contribution in [-0.2, 0) is 14.3 Å². The highest BCUT2D eigenvalue weighted by Gasteiger charge is 2.26. The average molecular weight is 330 g/mol. The smallest absolute Gasteiger partial charge is 0.313 e. The van der Waals surface area contributed by atoms with Crippen LogP contribution in [0.2, 0.25) is 0 Å². The fourth-order valence-electron chi connectivity index (χ4n) is 1.99. The van der Waals surface area contributed by atoms with Crippen molar-refractivity contribution in [1.29, 1.82) is 0 Å². The third-order valence-corrected chi connectivity index (χ3v) is 3.08. The Bertz CT molecular complexity index is 577. The minimum absolute atomic E-state index is 0.0986. The van der Waals surface area contributed by atoms with E-state index in [1.165, 1.54) is 31.4 Å². The van der Waals surface area contributed by atoms with E-state index in [2.05, 4.69) is 4.74 Å². The van der Waals surface area contributed by atoms with Gasteiger partial charge in [0.05, 0.1) is 13.7 Å². The first-order chi connectivity index (χ1) is 10.9. The molecule has 0 N–H and O–H groups in total. The number of ether oxygens (including phenoxy) is 2. The molecule has 0 bridgehead atoms. The normalized spacial score (nSPS) is 11.5. The Labute approximate surface area is 131 Å². The van der Waals surface area contributed by atoms with Gasteiger partial charge in [0.1, 0.15) is 18.0 Å². The number of hydrogen-bond donors (Lipinski definition) is 0. The number of carbonyl (C=O) groups is 2. The Kier molecular flexibility index (Phi) is 7.31. The molecule has 0 amide bonds. The maximum Gasteiger partial charge on any atom is 0.313 e. The predicted octanol–water partition coefficient (Wildman–Crippen LogP) is 3.77. The summed E-state index contributed by atoms with van der Waals surface area (Å²) in [6.07, 6.45) is -3.63. The zero-order valence-corrected chi connectivity index (χ0v) is 12.8. The van der Waals surface area contributed by atoms with Crippen LogP contribution in [0.25, 0.3) is 0 Å². The SMILES string of the molecule is CCOC(=O)CC(=O)CC(C(F)=C(F)F)c1ccc(OC)cc1. The van der Waals surface area contributed by atoms with Crippen LogP contribution >= 0.6 is 0 Å². The van der Waals surface area contributed by atoms with Gasteiger partial charge in [0, 0.05) is 12.3 Å². The zero-order chi connectivity index (χ0) is 17.4. The molecule has 1 rings (SSSR count). The van der Waals surface area contributed by atoms with Gasteiger partial charge in [-0.05, 0) is 24.6 Å². The molecule has 0 aliphatic heterocycles. The second kappa shape index (κ2) is 8.97. The third kappa shape index (κ3) is 5.77. The van der Waals surface area contributed by atoms with Crippen molar-refractivity contribution < 1.29 is 32.2 Å². The Morgan fingerprint density at radius 3 is 2.22 bits per heavy atom. The van der Waals surface area contributed by atoms with Crippen molar-refractivity contribution in [2.24, 2.45) is 0 Å². The molecular weight excluding hydrogens is 313 g/mol. The largest absolute Gasteiger partial charge is 0.497 e. The molecule has 0 aliphatic carbocycles. The quantitative estimate of drug-likeness (QED) is 0.538. The molecule has 7 heteroatoms. The number of carbonyl (C=O) groups excluding carboxylic acids is 2. The molecule has 0 fully saturated rings. The second-order valence-corrected chi connectivity index (χ2v) is 4.66. The molecule has 126 valence electrons. The van der Waals surface area contributed by atoms with Crippen molar-refractivity contribution >= 4 is 11.8 Å². The standard InChI is InChI=1S/C16H17F3O4/c1-3-23-14(21)9-11(20)8-13(15(17)16(18)19)10-4-6-12(22-2)7-5-10/h4-7,13H,3,8-9H2,1-2H3.